The first-order valence-electron chi connectivity index (χ1n) is 9.10. The molecule has 2 N–H and O–H groups in total. The van der Waals surface area contributed by atoms with Crippen LogP contribution >= 0.6 is 0 Å². The third-order valence-corrected chi connectivity index (χ3v) is 4.40. The number of benzene rings is 1. The number of nitrogens with zero attached hydrogens (tertiary/aromatic N) is 3. The van der Waals surface area contributed by atoms with Crippen molar-refractivity contribution >= 4 is 5.96 Å². The van der Waals surface area contributed by atoms with Gasteiger partial charge in [-0.2, -0.15) is 0 Å². The summed E-state index contributed by atoms with van der Waals surface area (Å²) in [6.45, 7) is 13.1. The van der Waals surface area contributed by atoms with Gasteiger partial charge in [-0.15, -0.1) is 0 Å². The fourth-order valence-corrected chi connectivity index (χ4v) is 2.47. The zero-order chi connectivity index (χ0) is 18.2. The molecule has 1 unspecified atom stereocenters. The van der Waals surface area contributed by atoms with Crippen molar-refractivity contribution in [1.82, 2.24) is 20.2 Å². The molecule has 2 aromatic rings. The molecule has 0 aliphatic heterocycles. The highest BCUT2D eigenvalue weighted by Crippen LogP contribution is 2.10. The van der Waals surface area contributed by atoms with Crippen LogP contribution in [0.4, 0.5) is 0 Å². The molecule has 136 valence electrons. The average molecular weight is 342 g/mol. The first-order valence-corrected chi connectivity index (χ1v) is 9.10. The largest absolute Gasteiger partial charge is 0.357 e. The summed E-state index contributed by atoms with van der Waals surface area (Å²) < 4.78 is 2.15. The molecule has 0 amide bonds. The Morgan fingerprint density at radius 3 is 2.64 bits per heavy atom. The van der Waals surface area contributed by atoms with Crippen molar-refractivity contribution in [2.45, 2.75) is 53.8 Å². The Hall–Kier alpha value is -2.30. The van der Waals surface area contributed by atoms with Crippen molar-refractivity contribution in [2.75, 3.05) is 6.54 Å². The zero-order valence-corrected chi connectivity index (χ0v) is 16.1. The van der Waals surface area contributed by atoms with Crippen molar-refractivity contribution in [3.8, 4) is 0 Å². The highest BCUT2D eigenvalue weighted by molar-refractivity contribution is 5.80. The first kappa shape index (κ1) is 19.0. The molecule has 2 rings (SSSR count). The molecule has 0 aliphatic carbocycles. The molecule has 0 spiro atoms. The van der Waals surface area contributed by atoms with Crippen LogP contribution in [0.15, 0.2) is 41.7 Å². The maximum absolute atomic E-state index is 4.74. The monoisotopic (exact) mass is 341 g/mol. The summed E-state index contributed by atoms with van der Waals surface area (Å²) in [6, 6.07) is 8.98. The lowest BCUT2D eigenvalue weighted by atomic mass is 10.1. The van der Waals surface area contributed by atoms with Crippen LogP contribution in [-0.4, -0.2) is 28.1 Å². The van der Waals surface area contributed by atoms with Crippen LogP contribution in [0.2, 0.25) is 0 Å². The van der Waals surface area contributed by atoms with Gasteiger partial charge in [-0.25, -0.2) is 9.98 Å². The molecule has 0 saturated carbocycles. The SMILES string of the molecule is CCNC(=NCc1cccc(Cn2ccnc2C)c1)NC(C)C(C)C. The van der Waals surface area contributed by atoms with E-state index in [0.717, 1.165) is 24.9 Å². The van der Waals surface area contributed by atoms with Crippen LogP contribution in [0.1, 0.15) is 44.6 Å². The Morgan fingerprint density at radius 2 is 2.00 bits per heavy atom. The molecule has 1 aromatic carbocycles. The highest BCUT2D eigenvalue weighted by Gasteiger charge is 2.08. The van der Waals surface area contributed by atoms with Crippen molar-refractivity contribution in [1.29, 1.82) is 0 Å². The van der Waals surface area contributed by atoms with Gasteiger partial charge in [0.05, 0.1) is 6.54 Å². The molecule has 1 atom stereocenters. The van der Waals surface area contributed by atoms with Gasteiger partial charge in [-0.1, -0.05) is 38.1 Å². The minimum absolute atomic E-state index is 0.383. The van der Waals surface area contributed by atoms with E-state index < -0.39 is 0 Å². The lowest BCUT2D eigenvalue weighted by molar-refractivity contribution is 0.481. The number of aromatic nitrogens is 2. The molecule has 25 heavy (non-hydrogen) atoms. The average Bonchev–Trinajstić information content (AvgIpc) is 2.98. The van der Waals surface area contributed by atoms with E-state index in [1.807, 2.05) is 19.3 Å². The van der Waals surface area contributed by atoms with Gasteiger partial charge in [0.25, 0.3) is 0 Å². The molecule has 5 heteroatoms. The summed E-state index contributed by atoms with van der Waals surface area (Å²) in [5, 5.41) is 6.80. The third-order valence-electron chi connectivity index (χ3n) is 4.40. The van der Waals surface area contributed by atoms with Crippen LogP contribution < -0.4 is 10.6 Å². The molecule has 0 aliphatic rings. The molecule has 0 radical (unpaired) electrons. The number of imidazole rings is 1. The molecule has 0 fully saturated rings. The summed E-state index contributed by atoms with van der Waals surface area (Å²) in [7, 11) is 0. The quantitative estimate of drug-likeness (QED) is 0.600. The molecule has 0 saturated heterocycles. The topological polar surface area (TPSA) is 54.2 Å². The van der Waals surface area contributed by atoms with E-state index in [4.69, 9.17) is 4.99 Å². The Kier molecular flexibility index (Phi) is 7.04. The number of hydrogen-bond acceptors (Lipinski definition) is 2. The van der Waals surface area contributed by atoms with Crippen LogP contribution in [0.5, 0.6) is 0 Å². The highest BCUT2D eigenvalue weighted by atomic mass is 15.2. The first-order chi connectivity index (χ1) is 12.0. The summed E-state index contributed by atoms with van der Waals surface area (Å²) in [5.74, 6) is 2.47. The zero-order valence-electron chi connectivity index (χ0n) is 16.1. The standard InChI is InChI=1S/C20H31N5/c1-6-21-20(24-16(4)15(2)3)23-13-18-8-7-9-19(12-18)14-25-11-10-22-17(25)5/h7-12,15-16H,6,13-14H2,1-5H3,(H2,21,23,24). The molecule has 0 bridgehead atoms. The number of nitrogens with one attached hydrogen (secondary N) is 2. The molecular weight excluding hydrogens is 310 g/mol. The number of guanidine groups is 1. The van der Waals surface area contributed by atoms with Crippen molar-refractivity contribution in [3.63, 3.8) is 0 Å². The molecule has 5 nitrogen and oxygen atoms in total. The minimum atomic E-state index is 0.383. The Labute approximate surface area is 151 Å². The van der Waals surface area contributed by atoms with E-state index in [1.165, 1.54) is 11.1 Å². The summed E-state index contributed by atoms with van der Waals surface area (Å²) >= 11 is 0. The van der Waals surface area contributed by atoms with Crippen molar-refractivity contribution in [2.24, 2.45) is 10.9 Å². The van der Waals surface area contributed by atoms with Crippen molar-refractivity contribution < 1.29 is 0 Å². The van der Waals surface area contributed by atoms with E-state index in [2.05, 4.69) is 72.1 Å². The van der Waals surface area contributed by atoms with Gasteiger partial charge >= 0.3 is 0 Å². The van der Waals surface area contributed by atoms with E-state index in [0.29, 0.717) is 18.5 Å². The maximum atomic E-state index is 4.74. The van der Waals surface area contributed by atoms with Gasteiger partial charge in [0, 0.05) is 31.5 Å². The van der Waals surface area contributed by atoms with Crippen LogP contribution in [0.25, 0.3) is 0 Å². The third kappa shape index (κ3) is 5.93. The predicted octanol–water partition coefficient (Wildman–Crippen LogP) is 3.34. The molecule has 1 aromatic heterocycles. The van der Waals surface area contributed by atoms with Crippen LogP contribution in [0.3, 0.4) is 0 Å². The maximum Gasteiger partial charge on any atom is 0.191 e. The number of rotatable bonds is 7. The molecular formula is C20H31N5. The second-order valence-electron chi connectivity index (χ2n) is 6.79. The second kappa shape index (κ2) is 9.25. The lowest BCUT2D eigenvalue weighted by Gasteiger charge is -2.20. The number of aliphatic imine (C=N–C) groups is 1. The fraction of sp³-hybridized carbons (Fsp3) is 0.500. The normalized spacial score (nSPS) is 13.1. The Balaban J connectivity index is 2.05. The van der Waals surface area contributed by atoms with Gasteiger partial charge < -0.3 is 15.2 Å². The number of hydrogen-bond donors (Lipinski definition) is 2. The van der Waals surface area contributed by atoms with E-state index >= 15 is 0 Å². The molecule has 1 heterocycles. The fourth-order valence-electron chi connectivity index (χ4n) is 2.47. The van der Waals surface area contributed by atoms with Gasteiger partial charge in [-0.3, -0.25) is 0 Å². The smallest absolute Gasteiger partial charge is 0.191 e. The van der Waals surface area contributed by atoms with Crippen LogP contribution in [0, 0.1) is 12.8 Å². The van der Waals surface area contributed by atoms with E-state index in [-0.39, 0.29) is 0 Å². The lowest BCUT2D eigenvalue weighted by Crippen LogP contribution is -2.44. The summed E-state index contributed by atoms with van der Waals surface area (Å²) in [5.41, 5.74) is 2.48. The Morgan fingerprint density at radius 1 is 1.24 bits per heavy atom. The van der Waals surface area contributed by atoms with Crippen molar-refractivity contribution in [3.05, 3.63) is 53.6 Å². The van der Waals surface area contributed by atoms with Gasteiger partial charge in [0.15, 0.2) is 5.96 Å². The van der Waals surface area contributed by atoms with Gasteiger partial charge in [0.2, 0.25) is 0 Å². The van der Waals surface area contributed by atoms with Gasteiger partial charge in [0.1, 0.15) is 5.82 Å². The summed E-state index contributed by atoms with van der Waals surface area (Å²) in [6.07, 6.45) is 3.86. The predicted molar refractivity (Wildman–Crippen MR) is 105 cm³/mol. The minimum Gasteiger partial charge on any atom is -0.357 e. The number of aryl methyl sites for hydroxylation is 1. The van der Waals surface area contributed by atoms with Gasteiger partial charge in [-0.05, 0) is 37.8 Å². The van der Waals surface area contributed by atoms with E-state index in [9.17, 15) is 0 Å². The Bertz CT molecular complexity index is 687. The summed E-state index contributed by atoms with van der Waals surface area (Å²) in [4.78, 5) is 9.02. The van der Waals surface area contributed by atoms with E-state index in [1.54, 1.807) is 0 Å². The van der Waals surface area contributed by atoms with Crippen LogP contribution in [-0.2, 0) is 13.1 Å². The second-order valence-corrected chi connectivity index (χ2v) is 6.79.